The molecule has 2 rings (SSSR count). The van der Waals surface area contributed by atoms with Gasteiger partial charge in [-0.05, 0) is 43.5 Å². The average Bonchev–Trinajstić information content (AvgIpc) is 2.73. The van der Waals surface area contributed by atoms with Crippen LogP contribution in [-0.2, 0) is 10.9 Å². The molecule has 0 amide bonds. The van der Waals surface area contributed by atoms with E-state index in [1.165, 1.54) is 6.07 Å². The summed E-state index contributed by atoms with van der Waals surface area (Å²) in [6, 6.07) is 3.48. The molecule has 106 valence electrons. The van der Waals surface area contributed by atoms with Gasteiger partial charge in [-0.15, -0.1) is 0 Å². The molecule has 3 unspecified atom stereocenters. The van der Waals surface area contributed by atoms with Crippen LogP contribution in [0.4, 0.5) is 13.2 Å². The third-order valence-corrected chi connectivity index (χ3v) is 3.85. The first kappa shape index (κ1) is 14.3. The summed E-state index contributed by atoms with van der Waals surface area (Å²) in [7, 11) is 0. The monoisotopic (exact) mass is 273 g/mol. The van der Waals surface area contributed by atoms with Crippen molar-refractivity contribution in [2.24, 2.45) is 11.7 Å². The van der Waals surface area contributed by atoms with E-state index in [1.807, 2.05) is 6.92 Å². The van der Waals surface area contributed by atoms with Crippen LogP contribution >= 0.6 is 0 Å². The number of hydrogen-bond donors (Lipinski definition) is 1. The molecule has 1 fully saturated rings. The van der Waals surface area contributed by atoms with Crippen LogP contribution in [-0.4, -0.2) is 12.7 Å². The van der Waals surface area contributed by atoms with Gasteiger partial charge in [-0.2, -0.15) is 13.2 Å². The molecule has 0 saturated carbocycles. The first-order valence-corrected chi connectivity index (χ1v) is 6.35. The van der Waals surface area contributed by atoms with Gasteiger partial charge in [-0.1, -0.05) is 6.07 Å². The normalized spacial score (nSPS) is 25.6. The Morgan fingerprint density at radius 3 is 2.53 bits per heavy atom. The van der Waals surface area contributed by atoms with E-state index in [0.717, 1.165) is 24.1 Å². The number of halogens is 3. The van der Waals surface area contributed by atoms with Gasteiger partial charge < -0.3 is 10.5 Å². The van der Waals surface area contributed by atoms with E-state index in [-0.39, 0.29) is 18.1 Å². The van der Waals surface area contributed by atoms with Crippen LogP contribution in [0.1, 0.15) is 36.1 Å². The predicted octanol–water partition coefficient (Wildman–Crippen LogP) is 3.44. The Balaban J connectivity index is 2.26. The molecule has 0 spiro atoms. The molecule has 5 heteroatoms. The Morgan fingerprint density at radius 2 is 2.05 bits per heavy atom. The molecule has 3 atom stereocenters. The highest BCUT2D eigenvalue weighted by atomic mass is 19.4. The lowest BCUT2D eigenvalue weighted by atomic mass is 9.86. The maximum Gasteiger partial charge on any atom is 0.416 e. The molecule has 0 aromatic heterocycles. The summed E-state index contributed by atoms with van der Waals surface area (Å²) in [5.41, 5.74) is 6.92. The highest BCUT2D eigenvalue weighted by molar-refractivity contribution is 5.35. The molecular weight excluding hydrogens is 255 g/mol. The van der Waals surface area contributed by atoms with Gasteiger partial charge in [0, 0.05) is 18.6 Å². The first-order chi connectivity index (χ1) is 8.80. The second-order valence-electron chi connectivity index (χ2n) is 5.12. The second kappa shape index (κ2) is 5.13. The zero-order valence-electron chi connectivity index (χ0n) is 11.0. The topological polar surface area (TPSA) is 35.2 Å². The molecule has 1 heterocycles. The Bertz CT molecular complexity index is 458. The van der Waals surface area contributed by atoms with E-state index in [4.69, 9.17) is 10.5 Å². The molecule has 1 aliphatic rings. The number of hydrogen-bond acceptors (Lipinski definition) is 2. The van der Waals surface area contributed by atoms with Crippen molar-refractivity contribution in [1.82, 2.24) is 0 Å². The molecule has 0 aliphatic carbocycles. The first-order valence-electron chi connectivity index (χ1n) is 6.35. The van der Waals surface area contributed by atoms with Gasteiger partial charge in [0.2, 0.25) is 0 Å². The molecule has 2 N–H and O–H groups in total. The average molecular weight is 273 g/mol. The molecule has 1 saturated heterocycles. The van der Waals surface area contributed by atoms with Crippen molar-refractivity contribution in [3.8, 4) is 0 Å². The van der Waals surface area contributed by atoms with Crippen LogP contribution in [0.25, 0.3) is 0 Å². The van der Waals surface area contributed by atoms with Crippen molar-refractivity contribution in [2.75, 3.05) is 6.61 Å². The van der Waals surface area contributed by atoms with Gasteiger partial charge in [0.05, 0.1) is 11.7 Å². The van der Waals surface area contributed by atoms with Gasteiger partial charge in [-0.3, -0.25) is 0 Å². The molecule has 19 heavy (non-hydrogen) atoms. The van der Waals surface area contributed by atoms with Crippen LogP contribution < -0.4 is 5.73 Å². The number of benzene rings is 1. The van der Waals surface area contributed by atoms with E-state index < -0.39 is 11.7 Å². The molecule has 1 aromatic carbocycles. The minimum atomic E-state index is -4.31. The second-order valence-corrected chi connectivity index (χ2v) is 5.12. The third kappa shape index (κ3) is 2.92. The summed E-state index contributed by atoms with van der Waals surface area (Å²) in [5.74, 6) is 0.162. The van der Waals surface area contributed by atoms with Gasteiger partial charge in [-0.25, -0.2) is 0 Å². The van der Waals surface area contributed by atoms with Crippen molar-refractivity contribution >= 4 is 0 Å². The van der Waals surface area contributed by atoms with Crippen molar-refractivity contribution in [1.29, 1.82) is 0 Å². The van der Waals surface area contributed by atoms with E-state index in [9.17, 15) is 13.2 Å². The number of aryl methyl sites for hydroxylation is 1. The number of nitrogens with two attached hydrogens (primary N) is 1. The summed E-state index contributed by atoms with van der Waals surface area (Å²) < 4.78 is 43.3. The highest BCUT2D eigenvalue weighted by Crippen LogP contribution is 2.35. The SMILES string of the molecule is Cc1cc(C(F)(F)F)ccc1C(N)C1CCOC1C. The van der Waals surface area contributed by atoms with Crippen LogP contribution in [0.2, 0.25) is 0 Å². The van der Waals surface area contributed by atoms with Gasteiger partial charge >= 0.3 is 6.18 Å². The molecule has 1 aromatic rings. The Morgan fingerprint density at radius 1 is 1.37 bits per heavy atom. The number of ether oxygens (including phenoxy) is 1. The summed E-state index contributed by atoms with van der Waals surface area (Å²) >= 11 is 0. The quantitative estimate of drug-likeness (QED) is 0.896. The highest BCUT2D eigenvalue weighted by Gasteiger charge is 2.33. The predicted molar refractivity (Wildman–Crippen MR) is 66.6 cm³/mol. The lowest BCUT2D eigenvalue weighted by Crippen LogP contribution is -2.27. The van der Waals surface area contributed by atoms with Gasteiger partial charge in [0.25, 0.3) is 0 Å². The van der Waals surface area contributed by atoms with Gasteiger partial charge in [0.1, 0.15) is 0 Å². The number of alkyl halides is 3. The maximum absolute atomic E-state index is 12.6. The number of rotatable bonds is 2. The maximum atomic E-state index is 12.6. The summed E-state index contributed by atoms with van der Waals surface area (Å²) in [5, 5.41) is 0. The van der Waals surface area contributed by atoms with Crippen molar-refractivity contribution in [3.63, 3.8) is 0 Å². The fourth-order valence-electron chi connectivity index (χ4n) is 2.68. The minimum absolute atomic E-state index is 0.0525. The molecule has 0 bridgehead atoms. The lowest BCUT2D eigenvalue weighted by Gasteiger charge is -2.24. The zero-order chi connectivity index (χ0) is 14.2. The van der Waals surface area contributed by atoms with Crippen LogP contribution in [0.3, 0.4) is 0 Å². The fourth-order valence-corrected chi connectivity index (χ4v) is 2.68. The Labute approximate surface area is 110 Å². The fraction of sp³-hybridized carbons (Fsp3) is 0.571. The van der Waals surface area contributed by atoms with E-state index in [0.29, 0.717) is 12.2 Å². The van der Waals surface area contributed by atoms with Gasteiger partial charge in [0.15, 0.2) is 0 Å². The lowest BCUT2D eigenvalue weighted by molar-refractivity contribution is -0.137. The van der Waals surface area contributed by atoms with Crippen molar-refractivity contribution in [3.05, 3.63) is 34.9 Å². The van der Waals surface area contributed by atoms with Crippen molar-refractivity contribution in [2.45, 2.75) is 38.6 Å². The van der Waals surface area contributed by atoms with Crippen LogP contribution in [0.5, 0.6) is 0 Å². The molecule has 2 nitrogen and oxygen atoms in total. The Hall–Kier alpha value is -1.07. The largest absolute Gasteiger partial charge is 0.416 e. The summed E-state index contributed by atoms with van der Waals surface area (Å²) in [6.45, 7) is 4.29. The van der Waals surface area contributed by atoms with E-state index in [2.05, 4.69) is 0 Å². The standard InChI is InChI=1S/C14H18F3NO/c1-8-7-10(14(15,16)17)3-4-11(8)13(18)12-5-6-19-9(12)2/h3-4,7,9,12-13H,5-6,18H2,1-2H3. The van der Waals surface area contributed by atoms with Crippen LogP contribution in [0.15, 0.2) is 18.2 Å². The molecular formula is C14H18F3NO. The van der Waals surface area contributed by atoms with Crippen molar-refractivity contribution < 1.29 is 17.9 Å². The zero-order valence-corrected chi connectivity index (χ0v) is 11.0. The molecule has 0 radical (unpaired) electrons. The Kier molecular flexibility index (Phi) is 3.87. The van der Waals surface area contributed by atoms with E-state index >= 15 is 0 Å². The smallest absolute Gasteiger partial charge is 0.378 e. The summed E-state index contributed by atoms with van der Waals surface area (Å²) in [4.78, 5) is 0. The molecule has 1 aliphatic heterocycles. The van der Waals surface area contributed by atoms with E-state index in [1.54, 1.807) is 6.92 Å². The van der Waals surface area contributed by atoms with Crippen LogP contribution in [0, 0.1) is 12.8 Å². The minimum Gasteiger partial charge on any atom is -0.378 e. The third-order valence-electron chi connectivity index (χ3n) is 3.85. The summed E-state index contributed by atoms with van der Waals surface area (Å²) in [6.07, 6.45) is -3.41.